The highest BCUT2D eigenvalue weighted by atomic mass is 32.2. The minimum Gasteiger partial charge on any atom is -0.497 e. The molecule has 0 saturated carbocycles. The zero-order valence-electron chi connectivity index (χ0n) is 17.0. The van der Waals surface area contributed by atoms with Gasteiger partial charge in [0.15, 0.2) is 0 Å². The summed E-state index contributed by atoms with van der Waals surface area (Å²) in [4.78, 5) is 8.64. The van der Waals surface area contributed by atoms with Crippen LogP contribution in [0.25, 0.3) is 11.1 Å². The van der Waals surface area contributed by atoms with E-state index < -0.39 is 21.9 Å². The molecule has 1 aliphatic heterocycles. The molecule has 1 aliphatic rings. The first-order valence-electron chi connectivity index (χ1n) is 9.94. The highest BCUT2D eigenvalue weighted by Crippen LogP contribution is 2.39. The molecule has 1 fully saturated rings. The lowest BCUT2D eigenvalue weighted by atomic mass is 9.95. The number of hydrogen-bond acceptors (Lipinski definition) is 6. The molecule has 0 amide bonds. The van der Waals surface area contributed by atoms with Crippen molar-refractivity contribution in [2.75, 3.05) is 19.4 Å². The summed E-state index contributed by atoms with van der Waals surface area (Å²) < 4.78 is 47.0. The number of hydrogen-bond donors (Lipinski definition) is 1. The summed E-state index contributed by atoms with van der Waals surface area (Å²) in [6.07, 6.45) is 3.78. The van der Waals surface area contributed by atoms with Crippen molar-refractivity contribution >= 4 is 16.0 Å². The number of nitrogens with two attached hydrogens (primary N) is 1. The van der Waals surface area contributed by atoms with Crippen molar-refractivity contribution in [3.63, 3.8) is 0 Å². The van der Waals surface area contributed by atoms with E-state index in [-0.39, 0.29) is 10.8 Å². The number of anilines is 1. The second kappa shape index (κ2) is 8.60. The number of rotatable bonds is 5. The lowest BCUT2D eigenvalue weighted by Crippen LogP contribution is -2.39. The molecule has 1 unspecified atom stereocenters. The van der Waals surface area contributed by atoms with Gasteiger partial charge in [0.2, 0.25) is 16.0 Å². The van der Waals surface area contributed by atoms with Gasteiger partial charge < -0.3 is 10.5 Å². The van der Waals surface area contributed by atoms with Gasteiger partial charge in [-0.3, -0.25) is 0 Å². The molecule has 7 nitrogen and oxygen atoms in total. The third-order valence-corrected chi connectivity index (χ3v) is 7.33. The van der Waals surface area contributed by atoms with Crippen molar-refractivity contribution in [2.24, 2.45) is 0 Å². The highest BCUT2D eigenvalue weighted by molar-refractivity contribution is 7.89. The van der Waals surface area contributed by atoms with E-state index >= 15 is 0 Å². The summed E-state index contributed by atoms with van der Waals surface area (Å²) in [5.41, 5.74) is 7.94. The minimum atomic E-state index is -3.86. The fourth-order valence-electron chi connectivity index (χ4n) is 3.88. The Hall–Kier alpha value is -3.04. The third-order valence-electron chi connectivity index (χ3n) is 5.41. The number of aromatic nitrogens is 2. The van der Waals surface area contributed by atoms with Crippen LogP contribution in [0.3, 0.4) is 0 Å². The summed E-state index contributed by atoms with van der Waals surface area (Å²) in [5, 5.41) is 0. The van der Waals surface area contributed by atoms with Crippen LogP contribution < -0.4 is 10.5 Å². The van der Waals surface area contributed by atoms with Crippen LogP contribution in [-0.2, 0) is 10.0 Å². The topological polar surface area (TPSA) is 98.4 Å². The molecule has 4 rings (SSSR count). The minimum absolute atomic E-state index is 0.0470. The molecule has 2 heterocycles. The van der Waals surface area contributed by atoms with Crippen LogP contribution in [0.1, 0.15) is 31.0 Å². The fraction of sp³-hybridized carbons (Fsp3) is 0.273. The maximum atomic E-state index is 13.4. The van der Waals surface area contributed by atoms with Gasteiger partial charge in [0.25, 0.3) is 0 Å². The predicted molar refractivity (Wildman–Crippen MR) is 115 cm³/mol. The Labute approximate surface area is 180 Å². The Morgan fingerprint density at radius 3 is 2.68 bits per heavy atom. The fourth-order valence-corrected chi connectivity index (χ4v) is 5.54. The summed E-state index contributed by atoms with van der Waals surface area (Å²) in [7, 11) is -2.28. The Kier molecular flexibility index (Phi) is 5.88. The van der Waals surface area contributed by atoms with E-state index in [1.807, 2.05) is 24.3 Å². The lowest BCUT2D eigenvalue weighted by molar-refractivity contribution is 0.252. The quantitative estimate of drug-likeness (QED) is 0.646. The van der Waals surface area contributed by atoms with E-state index in [0.29, 0.717) is 30.0 Å². The molecule has 1 atom stereocenters. The van der Waals surface area contributed by atoms with Crippen LogP contribution >= 0.6 is 0 Å². The molecule has 2 aromatic carbocycles. The van der Waals surface area contributed by atoms with Gasteiger partial charge in [0.1, 0.15) is 11.6 Å². The van der Waals surface area contributed by atoms with Crippen LogP contribution in [0.15, 0.2) is 59.6 Å². The molecule has 1 saturated heterocycles. The first-order valence-corrected chi connectivity index (χ1v) is 11.4. The number of benzene rings is 2. The van der Waals surface area contributed by atoms with E-state index in [0.717, 1.165) is 30.5 Å². The van der Waals surface area contributed by atoms with Crippen LogP contribution in [0.5, 0.6) is 5.75 Å². The molecule has 0 radical (unpaired) electrons. The summed E-state index contributed by atoms with van der Waals surface area (Å²) in [6.45, 7) is 0.339. The zero-order chi connectivity index (χ0) is 22.0. The van der Waals surface area contributed by atoms with Gasteiger partial charge in [0.05, 0.1) is 23.7 Å². The zero-order valence-corrected chi connectivity index (χ0v) is 17.8. The van der Waals surface area contributed by atoms with Gasteiger partial charge in [-0.05, 0) is 54.8 Å². The van der Waals surface area contributed by atoms with Gasteiger partial charge in [-0.25, -0.2) is 22.8 Å². The normalized spacial score (nSPS) is 17.4. The molecule has 31 heavy (non-hydrogen) atoms. The second-order valence-electron chi connectivity index (χ2n) is 7.34. The standard InChI is InChI=1S/C22H23FN4O3S/c1-30-17-6-4-5-15(13-17)19-14-25-22(24)26-21(19)20-7-2-3-12-27(20)31(28,29)18-10-8-16(23)9-11-18/h4-6,8-11,13-14,20H,2-3,7,12H2,1H3,(H2,24,25,26). The molecule has 2 N–H and O–H groups in total. The number of nitrogens with zero attached hydrogens (tertiary/aromatic N) is 3. The Balaban J connectivity index is 1.81. The molecule has 3 aromatic rings. The molecule has 0 bridgehead atoms. The Morgan fingerprint density at radius 1 is 1.16 bits per heavy atom. The molecule has 0 aliphatic carbocycles. The van der Waals surface area contributed by atoms with E-state index in [9.17, 15) is 12.8 Å². The Morgan fingerprint density at radius 2 is 1.94 bits per heavy atom. The van der Waals surface area contributed by atoms with Crippen molar-refractivity contribution in [1.82, 2.24) is 14.3 Å². The van der Waals surface area contributed by atoms with Crippen molar-refractivity contribution in [1.29, 1.82) is 0 Å². The maximum absolute atomic E-state index is 13.4. The van der Waals surface area contributed by atoms with E-state index in [1.54, 1.807) is 13.3 Å². The van der Waals surface area contributed by atoms with E-state index in [1.165, 1.54) is 16.4 Å². The molecule has 0 spiro atoms. The van der Waals surface area contributed by atoms with Crippen molar-refractivity contribution < 1.29 is 17.5 Å². The molecule has 162 valence electrons. The van der Waals surface area contributed by atoms with E-state index in [4.69, 9.17) is 10.5 Å². The monoisotopic (exact) mass is 442 g/mol. The first-order chi connectivity index (χ1) is 14.9. The van der Waals surface area contributed by atoms with Crippen molar-refractivity contribution in [3.8, 4) is 16.9 Å². The van der Waals surface area contributed by atoms with Gasteiger partial charge in [-0.15, -0.1) is 0 Å². The highest BCUT2D eigenvalue weighted by Gasteiger charge is 2.36. The average Bonchev–Trinajstić information content (AvgIpc) is 2.79. The van der Waals surface area contributed by atoms with E-state index in [2.05, 4.69) is 9.97 Å². The number of ether oxygens (including phenoxy) is 1. The summed E-state index contributed by atoms with van der Waals surface area (Å²) in [5.74, 6) is 0.254. The van der Waals surface area contributed by atoms with Gasteiger partial charge in [-0.1, -0.05) is 18.6 Å². The lowest BCUT2D eigenvalue weighted by Gasteiger charge is -2.35. The number of methoxy groups -OCH3 is 1. The van der Waals surface area contributed by atoms with Crippen LogP contribution in [0.2, 0.25) is 0 Å². The number of sulfonamides is 1. The second-order valence-corrected chi connectivity index (χ2v) is 9.23. The molecule has 9 heteroatoms. The number of piperidine rings is 1. The molecule has 1 aromatic heterocycles. The smallest absolute Gasteiger partial charge is 0.243 e. The van der Waals surface area contributed by atoms with Crippen LogP contribution in [-0.4, -0.2) is 36.3 Å². The van der Waals surface area contributed by atoms with Crippen LogP contribution in [0, 0.1) is 5.82 Å². The summed E-state index contributed by atoms with van der Waals surface area (Å²) >= 11 is 0. The molecular formula is C22H23FN4O3S. The van der Waals surface area contributed by atoms with Gasteiger partial charge >= 0.3 is 0 Å². The average molecular weight is 443 g/mol. The predicted octanol–water partition coefficient (Wildman–Crippen LogP) is 3.79. The van der Waals surface area contributed by atoms with Gasteiger partial charge in [-0.2, -0.15) is 4.31 Å². The maximum Gasteiger partial charge on any atom is 0.243 e. The van der Waals surface area contributed by atoms with Crippen molar-refractivity contribution in [3.05, 3.63) is 66.2 Å². The third kappa shape index (κ3) is 4.24. The number of nitrogen functional groups attached to an aromatic ring is 1. The summed E-state index contributed by atoms with van der Waals surface area (Å²) in [6, 6.07) is 11.8. The Bertz CT molecular complexity index is 1190. The molecular weight excluding hydrogens is 419 g/mol. The van der Waals surface area contributed by atoms with Gasteiger partial charge in [0, 0.05) is 18.3 Å². The van der Waals surface area contributed by atoms with Crippen molar-refractivity contribution in [2.45, 2.75) is 30.2 Å². The number of halogens is 1. The first kappa shape index (κ1) is 21.2. The van der Waals surface area contributed by atoms with Crippen LogP contribution in [0.4, 0.5) is 10.3 Å². The SMILES string of the molecule is COc1cccc(-c2cnc(N)nc2C2CCCCN2S(=O)(=O)c2ccc(F)cc2)c1. The largest absolute Gasteiger partial charge is 0.497 e.